The number of hydrogen-bond acceptors (Lipinski definition) is 4. The van der Waals surface area contributed by atoms with Crippen LogP contribution in [0.25, 0.3) is 0 Å². The average Bonchev–Trinajstić information content (AvgIpc) is 3.05. The molecule has 136 valence electrons. The van der Waals surface area contributed by atoms with Gasteiger partial charge in [-0.15, -0.1) is 0 Å². The van der Waals surface area contributed by atoms with E-state index in [0.29, 0.717) is 6.42 Å². The van der Waals surface area contributed by atoms with E-state index in [2.05, 4.69) is 16.0 Å². The lowest BCUT2D eigenvalue weighted by molar-refractivity contribution is -0.139. The van der Waals surface area contributed by atoms with Crippen molar-refractivity contribution < 1.29 is 9.59 Å². The van der Waals surface area contributed by atoms with Gasteiger partial charge in [-0.2, -0.15) is 0 Å². The van der Waals surface area contributed by atoms with E-state index in [4.69, 9.17) is 0 Å². The number of pyridine rings is 1. The molecule has 0 unspecified atom stereocenters. The first-order valence-electron chi connectivity index (χ1n) is 9.29. The molecule has 3 heterocycles. The fourth-order valence-corrected chi connectivity index (χ4v) is 3.70. The monoisotopic (exact) mass is 344 g/mol. The summed E-state index contributed by atoms with van der Waals surface area (Å²) in [6.07, 6.45) is 6.28. The largest absolute Gasteiger partial charge is 0.341 e. The van der Waals surface area contributed by atoms with E-state index in [0.717, 1.165) is 57.6 Å². The molecule has 0 bridgehead atoms. The van der Waals surface area contributed by atoms with Gasteiger partial charge in [0.05, 0.1) is 6.54 Å². The Bertz CT molecular complexity index is 584. The number of likely N-dealkylation sites (tertiary alicyclic amines) is 2. The first kappa shape index (κ1) is 17.9. The molecule has 0 atom stereocenters. The number of likely N-dealkylation sites (N-methyl/N-ethyl adjacent to an activating group) is 1. The van der Waals surface area contributed by atoms with E-state index in [9.17, 15) is 9.59 Å². The van der Waals surface area contributed by atoms with Gasteiger partial charge in [0.25, 0.3) is 0 Å². The van der Waals surface area contributed by atoms with Gasteiger partial charge < -0.3 is 14.7 Å². The van der Waals surface area contributed by atoms with Gasteiger partial charge in [0, 0.05) is 64.0 Å². The molecule has 25 heavy (non-hydrogen) atoms. The molecule has 6 nitrogen and oxygen atoms in total. The number of amides is 2. The molecule has 0 aromatic carbocycles. The van der Waals surface area contributed by atoms with Crippen LogP contribution >= 0.6 is 0 Å². The maximum Gasteiger partial charge on any atom is 0.242 e. The molecule has 3 rings (SSSR count). The Balaban J connectivity index is 1.40. The van der Waals surface area contributed by atoms with Gasteiger partial charge in [0.1, 0.15) is 0 Å². The van der Waals surface area contributed by atoms with Gasteiger partial charge in [-0.1, -0.05) is 6.07 Å². The fraction of sp³-hybridized carbons (Fsp3) is 0.632. The fourth-order valence-electron chi connectivity index (χ4n) is 3.70. The number of carbonyl (C=O) groups excluding carboxylic acids is 2. The van der Waals surface area contributed by atoms with Crippen molar-refractivity contribution in [3.8, 4) is 0 Å². The summed E-state index contributed by atoms with van der Waals surface area (Å²) in [7, 11) is 1.89. The normalized spacial score (nSPS) is 19.4. The van der Waals surface area contributed by atoms with Crippen molar-refractivity contribution in [2.24, 2.45) is 0 Å². The van der Waals surface area contributed by atoms with Crippen LogP contribution in [0.4, 0.5) is 0 Å². The molecule has 0 saturated carbocycles. The molecular weight excluding hydrogens is 316 g/mol. The summed E-state index contributed by atoms with van der Waals surface area (Å²) < 4.78 is 0. The molecule has 6 heteroatoms. The lowest BCUT2D eigenvalue weighted by Gasteiger charge is -2.37. The van der Waals surface area contributed by atoms with Gasteiger partial charge >= 0.3 is 0 Å². The highest BCUT2D eigenvalue weighted by Crippen LogP contribution is 2.17. The Morgan fingerprint density at radius 2 is 2.08 bits per heavy atom. The third-order valence-corrected chi connectivity index (χ3v) is 5.41. The molecule has 2 aliphatic heterocycles. The second kappa shape index (κ2) is 8.43. The number of aromatic nitrogens is 1. The minimum absolute atomic E-state index is 0.0715. The average molecular weight is 344 g/mol. The molecule has 0 aliphatic carbocycles. The number of nitrogens with zero attached hydrogens (tertiary/aromatic N) is 4. The summed E-state index contributed by atoms with van der Waals surface area (Å²) in [5.74, 6) is 0.188. The number of rotatable bonds is 6. The van der Waals surface area contributed by atoms with Crippen LogP contribution in [0.3, 0.4) is 0 Å². The summed E-state index contributed by atoms with van der Waals surface area (Å²) in [4.78, 5) is 34.5. The summed E-state index contributed by atoms with van der Waals surface area (Å²) in [6.45, 7) is 4.01. The maximum atomic E-state index is 12.4. The van der Waals surface area contributed by atoms with Gasteiger partial charge in [0.15, 0.2) is 0 Å². The Morgan fingerprint density at radius 1 is 1.28 bits per heavy atom. The number of hydrogen-bond donors (Lipinski definition) is 0. The summed E-state index contributed by atoms with van der Waals surface area (Å²) >= 11 is 0. The third kappa shape index (κ3) is 4.78. The summed E-state index contributed by atoms with van der Waals surface area (Å²) in [6, 6.07) is 6.33. The van der Waals surface area contributed by atoms with E-state index < -0.39 is 0 Å². The predicted molar refractivity (Wildman–Crippen MR) is 96.0 cm³/mol. The third-order valence-electron chi connectivity index (χ3n) is 5.41. The molecule has 1 aromatic rings. The van der Waals surface area contributed by atoms with Crippen molar-refractivity contribution in [2.45, 2.75) is 38.1 Å². The van der Waals surface area contributed by atoms with Crippen LogP contribution in [0.15, 0.2) is 24.4 Å². The first-order valence-corrected chi connectivity index (χ1v) is 9.29. The Labute approximate surface area is 149 Å². The minimum atomic E-state index is 0.0715. The van der Waals surface area contributed by atoms with Gasteiger partial charge in [-0.05, 0) is 31.4 Å². The Hall–Kier alpha value is -1.95. The van der Waals surface area contributed by atoms with Gasteiger partial charge in [-0.3, -0.25) is 14.6 Å². The zero-order chi connectivity index (χ0) is 17.6. The molecule has 2 aliphatic rings. The maximum absolute atomic E-state index is 12.4. The van der Waals surface area contributed by atoms with Gasteiger partial charge in [0.2, 0.25) is 11.8 Å². The Morgan fingerprint density at radius 3 is 2.72 bits per heavy atom. The van der Waals surface area contributed by atoms with Crippen molar-refractivity contribution in [3.63, 3.8) is 0 Å². The SMILES string of the molecule is CN(C(=O)CN1CCCC1=O)C1CCN(CCc2ccccn2)CC1. The van der Waals surface area contributed by atoms with Crippen LogP contribution < -0.4 is 0 Å². The summed E-state index contributed by atoms with van der Waals surface area (Å²) in [5.41, 5.74) is 1.13. The van der Waals surface area contributed by atoms with Crippen LogP contribution in [0.1, 0.15) is 31.4 Å². The van der Waals surface area contributed by atoms with Crippen LogP contribution in [0.2, 0.25) is 0 Å². The molecule has 2 saturated heterocycles. The standard InChI is InChI=1S/C19H28N4O2/c1-21(19(25)15-23-11-4-6-18(23)24)17-8-13-22(14-9-17)12-7-16-5-2-3-10-20-16/h2-3,5,10,17H,4,6-9,11-15H2,1H3. The molecule has 2 amide bonds. The predicted octanol–water partition coefficient (Wildman–Crippen LogP) is 1.17. The molecule has 1 aromatic heterocycles. The van der Waals surface area contributed by atoms with Gasteiger partial charge in [-0.25, -0.2) is 0 Å². The van der Waals surface area contributed by atoms with E-state index in [-0.39, 0.29) is 24.4 Å². The zero-order valence-electron chi connectivity index (χ0n) is 15.1. The highest BCUT2D eigenvalue weighted by Gasteiger charge is 2.28. The molecule has 0 N–H and O–H groups in total. The van der Waals surface area contributed by atoms with E-state index in [1.165, 1.54) is 0 Å². The van der Waals surface area contributed by atoms with Crippen molar-refractivity contribution in [1.29, 1.82) is 0 Å². The van der Waals surface area contributed by atoms with Crippen LogP contribution in [0.5, 0.6) is 0 Å². The van der Waals surface area contributed by atoms with Crippen molar-refractivity contribution in [2.75, 3.05) is 39.8 Å². The molecule has 2 fully saturated rings. The van der Waals surface area contributed by atoms with E-state index in [1.807, 2.05) is 30.3 Å². The molecular formula is C19H28N4O2. The number of piperidine rings is 1. The summed E-state index contributed by atoms with van der Waals surface area (Å²) in [5, 5.41) is 0. The van der Waals surface area contributed by atoms with Crippen LogP contribution in [0, 0.1) is 0 Å². The second-order valence-electron chi connectivity index (χ2n) is 7.07. The second-order valence-corrected chi connectivity index (χ2v) is 7.07. The van der Waals surface area contributed by atoms with E-state index in [1.54, 1.807) is 4.90 Å². The highest BCUT2D eigenvalue weighted by molar-refractivity contribution is 5.85. The van der Waals surface area contributed by atoms with Crippen LogP contribution in [-0.2, 0) is 16.0 Å². The quantitative estimate of drug-likeness (QED) is 0.777. The first-order chi connectivity index (χ1) is 12.1. The molecule has 0 radical (unpaired) electrons. The highest BCUT2D eigenvalue weighted by atomic mass is 16.2. The van der Waals surface area contributed by atoms with Crippen molar-refractivity contribution in [3.05, 3.63) is 30.1 Å². The zero-order valence-corrected chi connectivity index (χ0v) is 15.1. The van der Waals surface area contributed by atoms with Crippen molar-refractivity contribution >= 4 is 11.8 Å². The number of carbonyl (C=O) groups is 2. The topological polar surface area (TPSA) is 56.8 Å². The van der Waals surface area contributed by atoms with E-state index >= 15 is 0 Å². The van der Waals surface area contributed by atoms with Crippen molar-refractivity contribution in [1.82, 2.24) is 19.7 Å². The minimum Gasteiger partial charge on any atom is -0.341 e. The van der Waals surface area contributed by atoms with Crippen LogP contribution in [-0.4, -0.2) is 77.3 Å². The Kier molecular flexibility index (Phi) is 6.02. The lowest BCUT2D eigenvalue weighted by Crippen LogP contribution is -2.48. The smallest absolute Gasteiger partial charge is 0.242 e. The molecule has 0 spiro atoms. The lowest BCUT2D eigenvalue weighted by atomic mass is 10.0.